The third-order valence-corrected chi connectivity index (χ3v) is 4.01. The number of benzene rings is 1. The van der Waals surface area contributed by atoms with Crippen LogP contribution in [0.4, 0.5) is 8.78 Å². The topological polar surface area (TPSA) is 52.6 Å². The van der Waals surface area contributed by atoms with Gasteiger partial charge in [-0.2, -0.15) is 13.9 Å². The number of rotatable bonds is 5. The van der Waals surface area contributed by atoms with Gasteiger partial charge in [0.2, 0.25) is 0 Å². The van der Waals surface area contributed by atoms with Gasteiger partial charge in [-0.1, -0.05) is 30.3 Å². The van der Waals surface area contributed by atoms with Crippen LogP contribution in [0.2, 0.25) is 0 Å². The van der Waals surface area contributed by atoms with Crippen LogP contribution in [0, 0.1) is 0 Å². The van der Waals surface area contributed by atoms with Gasteiger partial charge in [0.05, 0.1) is 12.5 Å². The number of hydrogen-bond donors (Lipinski definition) is 2. The molecule has 0 radical (unpaired) electrons. The van der Waals surface area contributed by atoms with Gasteiger partial charge in [0, 0.05) is 10.7 Å². The van der Waals surface area contributed by atoms with Crippen molar-refractivity contribution in [2.75, 3.05) is 6.54 Å². The first kappa shape index (κ1) is 15.8. The van der Waals surface area contributed by atoms with Crippen molar-refractivity contribution >= 4 is 22.3 Å². The lowest BCUT2D eigenvalue weighted by Gasteiger charge is -2.29. The predicted molar refractivity (Wildman–Crippen MR) is 86.5 cm³/mol. The van der Waals surface area contributed by atoms with E-state index >= 15 is 8.78 Å². The molecule has 1 aliphatic heterocycles. The van der Waals surface area contributed by atoms with E-state index in [1.807, 2.05) is 0 Å². The van der Waals surface area contributed by atoms with Gasteiger partial charge in [-0.3, -0.25) is 9.99 Å². The van der Waals surface area contributed by atoms with Gasteiger partial charge in [-0.05, 0) is 33.6 Å². The molecule has 2 aromatic rings. The lowest BCUT2D eigenvalue weighted by molar-refractivity contribution is -0.0457. The van der Waals surface area contributed by atoms with Crippen LogP contribution in [0.3, 0.4) is 0 Å². The molecule has 0 saturated heterocycles. The van der Waals surface area contributed by atoms with Crippen molar-refractivity contribution in [3.8, 4) is 0 Å². The Kier molecular flexibility index (Phi) is 4.53. The maximum absolute atomic E-state index is 15.1. The number of nitrogens with one attached hydrogen (secondary N) is 2. The third-order valence-electron chi connectivity index (χ3n) is 3.54. The summed E-state index contributed by atoms with van der Waals surface area (Å²) in [6, 6.07) is 11.6. The molecule has 0 spiro atoms. The van der Waals surface area contributed by atoms with Gasteiger partial charge in [0.25, 0.3) is 5.92 Å². The van der Waals surface area contributed by atoms with Gasteiger partial charge >= 0.3 is 0 Å². The summed E-state index contributed by atoms with van der Waals surface area (Å²) in [5, 5.41) is 5.23. The fraction of sp³-hybridized carbons (Fsp3) is 0.200. The highest BCUT2D eigenvalue weighted by Gasteiger charge is 2.44. The highest BCUT2D eigenvalue weighted by molar-refractivity contribution is 9.10. The van der Waals surface area contributed by atoms with Crippen LogP contribution in [0.25, 0.3) is 0 Å². The standard InChI is InChI=1S/C15H14BrF2N5/c16-12-6-7-14(19-8-12)15(17,18)13(9-23-10-20-21-22-23)11-4-2-1-3-5-11/h1-8,10,13,21-22H,9H2. The minimum atomic E-state index is -3.14. The fourth-order valence-electron chi connectivity index (χ4n) is 2.38. The molecule has 0 fully saturated rings. The summed E-state index contributed by atoms with van der Waals surface area (Å²) < 4.78 is 30.8. The molecule has 1 aromatic heterocycles. The fourth-order valence-corrected chi connectivity index (χ4v) is 2.61. The zero-order valence-corrected chi connectivity index (χ0v) is 13.5. The van der Waals surface area contributed by atoms with Gasteiger partial charge in [-0.25, -0.2) is 5.53 Å². The van der Waals surface area contributed by atoms with E-state index in [1.54, 1.807) is 36.4 Å². The molecule has 3 rings (SSSR count). The molecule has 1 aromatic carbocycles. The minimum Gasteiger partial charge on any atom is -0.277 e. The van der Waals surface area contributed by atoms with E-state index in [2.05, 4.69) is 37.1 Å². The van der Waals surface area contributed by atoms with Gasteiger partial charge in [0.15, 0.2) is 0 Å². The summed E-state index contributed by atoms with van der Waals surface area (Å²) in [7, 11) is 0. The van der Waals surface area contributed by atoms with Crippen molar-refractivity contribution in [1.82, 2.24) is 21.1 Å². The predicted octanol–water partition coefficient (Wildman–Crippen LogP) is 2.99. The molecule has 0 aliphatic carbocycles. The molecular weight excluding hydrogens is 368 g/mol. The molecule has 8 heteroatoms. The first-order valence-corrected chi connectivity index (χ1v) is 7.72. The van der Waals surface area contributed by atoms with Gasteiger partial charge in [-0.15, -0.1) is 5.53 Å². The van der Waals surface area contributed by atoms with Crippen molar-refractivity contribution in [3.63, 3.8) is 0 Å². The quantitative estimate of drug-likeness (QED) is 0.835. The summed E-state index contributed by atoms with van der Waals surface area (Å²) >= 11 is 3.21. The second kappa shape index (κ2) is 6.59. The maximum Gasteiger partial charge on any atom is 0.298 e. The number of aromatic nitrogens is 1. The Morgan fingerprint density at radius 3 is 2.57 bits per heavy atom. The average molecular weight is 382 g/mol. The van der Waals surface area contributed by atoms with Crippen molar-refractivity contribution in [3.05, 3.63) is 64.4 Å². The van der Waals surface area contributed by atoms with Crippen LogP contribution >= 0.6 is 15.9 Å². The number of hydrazine groups is 2. The summed E-state index contributed by atoms with van der Waals surface area (Å²) in [6.45, 7) is 0.0330. The second-order valence-corrected chi connectivity index (χ2v) is 5.98. The Labute approximate surface area is 140 Å². The lowest BCUT2D eigenvalue weighted by atomic mass is 9.90. The molecule has 1 aliphatic rings. The van der Waals surface area contributed by atoms with E-state index in [0.717, 1.165) is 0 Å². The Bertz CT molecular complexity index is 678. The highest BCUT2D eigenvalue weighted by Crippen LogP contribution is 2.41. The van der Waals surface area contributed by atoms with Crippen LogP contribution in [0.15, 0.2) is 58.2 Å². The summed E-state index contributed by atoms with van der Waals surface area (Å²) in [6.07, 6.45) is 2.81. The molecule has 0 saturated carbocycles. The first-order chi connectivity index (χ1) is 11.1. The molecule has 23 heavy (non-hydrogen) atoms. The summed E-state index contributed by atoms with van der Waals surface area (Å²) in [5.41, 5.74) is 5.46. The van der Waals surface area contributed by atoms with E-state index in [-0.39, 0.29) is 12.2 Å². The number of alkyl halides is 2. The molecular formula is C15H14BrF2N5. The van der Waals surface area contributed by atoms with Gasteiger partial charge in [0.1, 0.15) is 12.0 Å². The van der Waals surface area contributed by atoms with E-state index < -0.39 is 11.8 Å². The molecule has 0 bridgehead atoms. The van der Waals surface area contributed by atoms with Crippen LogP contribution < -0.4 is 11.1 Å². The molecule has 120 valence electrons. The summed E-state index contributed by atoms with van der Waals surface area (Å²) in [4.78, 5) is 3.89. The largest absolute Gasteiger partial charge is 0.298 e. The lowest BCUT2D eigenvalue weighted by Crippen LogP contribution is -2.43. The van der Waals surface area contributed by atoms with Crippen molar-refractivity contribution in [2.45, 2.75) is 11.8 Å². The average Bonchev–Trinajstić information content (AvgIpc) is 3.07. The third kappa shape index (κ3) is 3.48. The van der Waals surface area contributed by atoms with Crippen LogP contribution in [-0.4, -0.2) is 22.9 Å². The maximum atomic E-state index is 15.1. The molecule has 2 heterocycles. The number of pyridine rings is 1. The van der Waals surface area contributed by atoms with Crippen LogP contribution in [0.1, 0.15) is 17.2 Å². The summed E-state index contributed by atoms with van der Waals surface area (Å²) in [5.74, 6) is -4.23. The van der Waals surface area contributed by atoms with E-state index in [1.165, 1.54) is 23.6 Å². The molecule has 5 nitrogen and oxygen atoms in total. The zero-order chi connectivity index (χ0) is 16.3. The van der Waals surface area contributed by atoms with E-state index in [9.17, 15) is 0 Å². The first-order valence-electron chi connectivity index (χ1n) is 6.92. The molecule has 2 N–H and O–H groups in total. The number of hydrazone groups is 1. The number of hydrogen-bond acceptors (Lipinski definition) is 5. The normalized spacial score (nSPS) is 15.5. The van der Waals surface area contributed by atoms with Gasteiger partial charge < -0.3 is 0 Å². The smallest absolute Gasteiger partial charge is 0.277 e. The highest BCUT2D eigenvalue weighted by atomic mass is 79.9. The SMILES string of the molecule is FC(F)(c1ccc(Br)cn1)C(CN1C=NNN1)c1ccccc1. The number of nitrogens with zero attached hydrogens (tertiary/aromatic N) is 3. The zero-order valence-electron chi connectivity index (χ0n) is 12.0. The Morgan fingerprint density at radius 1 is 1.17 bits per heavy atom. The van der Waals surface area contributed by atoms with Crippen molar-refractivity contribution in [1.29, 1.82) is 0 Å². The van der Waals surface area contributed by atoms with Crippen LogP contribution in [0.5, 0.6) is 0 Å². The molecule has 1 unspecified atom stereocenters. The molecule has 1 atom stereocenters. The van der Waals surface area contributed by atoms with Crippen LogP contribution in [-0.2, 0) is 5.92 Å². The van der Waals surface area contributed by atoms with Crippen molar-refractivity contribution in [2.24, 2.45) is 5.10 Å². The second-order valence-electron chi connectivity index (χ2n) is 5.07. The monoisotopic (exact) mass is 381 g/mol. The Balaban J connectivity index is 1.95. The molecule has 0 amide bonds. The Hall–Kier alpha value is -2.06. The van der Waals surface area contributed by atoms with E-state index in [0.29, 0.717) is 10.0 Å². The minimum absolute atomic E-state index is 0.0330. The Morgan fingerprint density at radius 2 is 1.96 bits per heavy atom. The number of halogens is 3. The van der Waals surface area contributed by atoms with Crippen molar-refractivity contribution < 1.29 is 8.78 Å². The van der Waals surface area contributed by atoms with E-state index in [4.69, 9.17) is 0 Å².